The molecule has 2 aromatic heterocycles. The zero-order valence-electron chi connectivity index (χ0n) is 16.0. The minimum Gasteiger partial charge on any atom is -0.408 e. The molecule has 9 nitrogen and oxygen atoms in total. The van der Waals surface area contributed by atoms with E-state index >= 15 is 0 Å². The number of rotatable bonds is 4. The maximum atomic E-state index is 12.7. The number of sulfonamides is 1. The van der Waals surface area contributed by atoms with Crippen LogP contribution < -0.4 is 10.5 Å². The molecule has 2 aromatic carbocycles. The highest BCUT2D eigenvalue weighted by atomic mass is 32.2. The summed E-state index contributed by atoms with van der Waals surface area (Å²) >= 11 is 0. The lowest BCUT2D eigenvalue weighted by Gasteiger charge is -2.10. The van der Waals surface area contributed by atoms with Gasteiger partial charge in [-0.1, -0.05) is 6.42 Å². The molecule has 5 rings (SSSR count). The number of aryl methyl sites for hydroxylation is 1. The van der Waals surface area contributed by atoms with E-state index in [1.54, 1.807) is 12.1 Å². The number of hydrogen-bond acceptors (Lipinski definition) is 6. The Hall–Kier alpha value is -3.40. The quantitative estimate of drug-likeness (QED) is 0.518. The molecule has 0 saturated heterocycles. The summed E-state index contributed by atoms with van der Waals surface area (Å²) in [4.78, 5) is 13.8. The minimum atomic E-state index is -3.84. The molecule has 30 heavy (non-hydrogen) atoms. The number of H-pyrrole nitrogens is 1. The molecule has 1 aliphatic rings. The van der Waals surface area contributed by atoms with Crippen LogP contribution in [-0.4, -0.2) is 28.2 Å². The minimum absolute atomic E-state index is 0.00426. The molecule has 0 aliphatic carbocycles. The Morgan fingerprint density at radius 1 is 1.03 bits per heavy atom. The monoisotopic (exact) mass is 425 g/mol. The number of hydrogen-bond donors (Lipinski definition) is 2. The lowest BCUT2D eigenvalue weighted by atomic mass is 10.2. The fourth-order valence-corrected chi connectivity index (χ4v) is 4.77. The number of aromatic amines is 1. The van der Waals surface area contributed by atoms with Gasteiger partial charge in [0.15, 0.2) is 11.4 Å². The predicted molar refractivity (Wildman–Crippen MR) is 111 cm³/mol. The van der Waals surface area contributed by atoms with Crippen LogP contribution in [0.1, 0.15) is 25.1 Å². The van der Waals surface area contributed by atoms with Crippen molar-refractivity contribution in [1.82, 2.24) is 19.7 Å². The number of nitrogens with zero attached hydrogens (tertiary/aromatic N) is 3. The van der Waals surface area contributed by atoms with E-state index in [1.165, 1.54) is 24.6 Å². The van der Waals surface area contributed by atoms with Crippen LogP contribution in [0.25, 0.3) is 22.5 Å². The zero-order chi connectivity index (χ0) is 20.7. The molecule has 4 aromatic rings. The van der Waals surface area contributed by atoms with Crippen molar-refractivity contribution in [2.45, 2.75) is 37.1 Å². The lowest BCUT2D eigenvalue weighted by Crippen LogP contribution is -2.12. The van der Waals surface area contributed by atoms with Gasteiger partial charge in [-0.15, -0.1) is 10.2 Å². The van der Waals surface area contributed by atoms with Crippen LogP contribution >= 0.6 is 0 Å². The van der Waals surface area contributed by atoms with Crippen LogP contribution in [0.2, 0.25) is 0 Å². The van der Waals surface area contributed by atoms with E-state index in [4.69, 9.17) is 4.42 Å². The number of oxazole rings is 1. The van der Waals surface area contributed by atoms with Crippen molar-refractivity contribution in [1.29, 1.82) is 0 Å². The molecule has 0 atom stereocenters. The molecule has 0 unspecified atom stereocenters. The molecular formula is C20H19N5O4S. The molecule has 2 N–H and O–H groups in total. The fourth-order valence-electron chi connectivity index (χ4n) is 3.69. The van der Waals surface area contributed by atoms with E-state index in [2.05, 4.69) is 24.5 Å². The summed E-state index contributed by atoms with van der Waals surface area (Å²) < 4.78 is 35.1. The summed E-state index contributed by atoms with van der Waals surface area (Å²) in [7, 11) is -3.84. The first-order valence-corrected chi connectivity index (χ1v) is 11.2. The molecule has 0 saturated carbocycles. The Kier molecular flexibility index (Phi) is 4.43. The standard InChI is InChI=1S/C20H19N5O4S/c26-20-21-16-10-9-15(12-17(16)29-20)30(27,28)24-14-7-5-13(6-8-14)19-23-22-18-4-2-1-3-11-25(18)19/h5-10,12,24H,1-4,11H2,(H,21,26). The smallest absolute Gasteiger partial charge is 0.408 e. The van der Waals surface area contributed by atoms with Gasteiger partial charge in [-0.2, -0.15) is 0 Å². The number of aromatic nitrogens is 4. The van der Waals surface area contributed by atoms with E-state index in [0.29, 0.717) is 11.2 Å². The van der Waals surface area contributed by atoms with Crippen molar-refractivity contribution in [3.63, 3.8) is 0 Å². The second-order valence-electron chi connectivity index (χ2n) is 7.26. The predicted octanol–water partition coefficient (Wildman–Crippen LogP) is 2.91. The van der Waals surface area contributed by atoms with Crippen LogP contribution in [-0.2, 0) is 23.0 Å². The van der Waals surface area contributed by atoms with Crippen molar-refractivity contribution in [2.75, 3.05) is 4.72 Å². The number of benzene rings is 2. The van der Waals surface area contributed by atoms with E-state index in [-0.39, 0.29) is 10.5 Å². The highest BCUT2D eigenvalue weighted by Gasteiger charge is 2.18. The van der Waals surface area contributed by atoms with Crippen molar-refractivity contribution < 1.29 is 12.8 Å². The lowest BCUT2D eigenvalue weighted by molar-refractivity contribution is 0.554. The topological polar surface area (TPSA) is 123 Å². The molecule has 1 aliphatic heterocycles. The molecule has 0 radical (unpaired) electrons. The van der Waals surface area contributed by atoms with Gasteiger partial charge in [-0.3, -0.25) is 9.71 Å². The third kappa shape index (κ3) is 3.39. The normalized spacial score (nSPS) is 14.4. The van der Waals surface area contributed by atoms with E-state index in [1.807, 2.05) is 12.1 Å². The Bertz CT molecular complexity index is 1380. The molecule has 0 bridgehead atoms. The van der Waals surface area contributed by atoms with Gasteiger partial charge in [-0.25, -0.2) is 13.2 Å². The first-order valence-electron chi connectivity index (χ1n) is 9.68. The molecule has 0 fully saturated rings. The molecule has 0 spiro atoms. The molecule has 3 heterocycles. The highest BCUT2D eigenvalue weighted by Crippen LogP contribution is 2.25. The molecular weight excluding hydrogens is 406 g/mol. The van der Waals surface area contributed by atoms with Gasteiger partial charge in [0.1, 0.15) is 5.82 Å². The first-order chi connectivity index (χ1) is 14.5. The van der Waals surface area contributed by atoms with Crippen molar-refractivity contribution in [3.05, 3.63) is 58.8 Å². The van der Waals surface area contributed by atoms with E-state index in [0.717, 1.165) is 43.0 Å². The van der Waals surface area contributed by atoms with Crippen molar-refractivity contribution in [3.8, 4) is 11.4 Å². The van der Waals surface area contributed by atoms with Gasteiger partial charge in [0.2, 0.25) is 0 Å². The largest absolute Gasteiger partial charge is 0.417 e. The Morgan fingerprint density at radius 2 is 1.87 bits per heavy atom. The summed E-state index contributed by atoms with van der Waals surface area (Å²) in [5.74, 6) is 1.17. The van der Waals surface area contributed by atoms with Crippen molar-refractivity contribution >= 4 is 26.8 Å². The summed E-state index contributed by atoms with van der Waals surface area (Å²) in [5, 5.41) is 8.64. The van der Waals surface area contributed by atoms with Crippen LogP contribution in [0.3, 0.4) is 0 Å². The Balaban J connectivity index is 1.40. The first kappa shape index (κ1) is 18.6. The molecule has 10 heteroatoms. The number of nitrogens with one attached hydrogen (secondary N) is 2. The van der Waals surface area contributed by atoms with Crippen LogP contribution in [0, 0.1) is 0 Å². The van der Waals surface area contributed by atoms with Gasteiger partial charge < -0.3 is 8.98 Å². The third-order valence-corrected chi connectivity index (χ3v) is 6.59. The Morgan fingerprint density at radius 3 is 2.70 bits per heavy atom. The van der Waals surface area contributed by atoms with Crippen LogP contribution in [0.5, 0.6) is 0 Å². The highest BCUT2D eigenvalue weighted by molar-refractivity contribution is 7.92. The van der Waals surface area contributed by atoms with Gasteiger partial charge >= 0.3 is 5.76 Å². The number of anilines is 1. The number of fused-ring (bicyclic) bond motifs is 2. The van der Waals surface area contributed by atoms with Crippen LogP contribution in [0.4, 0.5) is 5.69 Å². The van der Waals surface area contributed by atoms with Gasteiger partial charge in [-0.05, 0) is 49.2 Å². The average Bonchev–Trinajstić information content (AvgIpc) is 3.22. The van der Waals surface area contributed by atoms with Crippen LogP contribution in [0.15, 0.2) is 56.6 Å². The second-order valence-corrected chi connectivity index (χ2v) is 8.94. The average molecular weight is 425 g/mol. The molecule has 154 valence electrons. The Labute approximate surface area is 171 Å². The second kappa shape index (κ2) is 7.13. The third-order valence-electron chi connectivity index (χ3n) is 5.21. The fraction of sp³-hybridized carbons (Fsp3) is 0.250. The van der Waals surface area contributed by atoms with Gasteiger partial charge in [0.25, 0.3) is 10.0 Å². The van der Waals surface area contributed by atoms with Crippen molar-refractivity contribution in [2.24, 2.45) is 0 Å². The molecule has 0 amide bonds. The maximum absolute atomic E-state index is 12.7. The van der Waals surface area contributed by atoms with Gasteiger partial charge in [0.05, 0.1) is 10.4 Å². The van der Waals surface area contributed by atoms with E-state index in [9.17, 15) is 13.2 Å². The van der Waals surface area contributed by atoms with E-state index < -0.39 is 15.8 Å². The summed E-state index contributed by atoms with van der Waals surface area (Å²) in [6.45, 7) is 0.893. The SMILES string of the molecule is O=c1[nH]c2ccc(S(=O)(=O)Nc3ccc(-c4nnc5n4CCCCC5)cc3)cc2o1. The van der Waals surface area contributed by atoms with Gasteiger partial charge in [0, 0.05) is 30.3 Å². The summed E-state index contributed by atoms with van der Waals surface area (Å²) in [6, 6.07) is 11.3. The zero-order valence-corrected chi connectivity index (χ0v) is 16.8. The summed E-state index contributed by atoms with van der Waals surface area (Å²) in [5.41, 5.74) is 1.93. The maximum Gasteiger partial charge on any atom is 0.417 e. The summed E-state index contributed by atoms with van der Waals surface area (Å²) in [6.07, 6.45) is 4.33.